The van der Waals surface area contributed by atoms with Crippen molar-refractivity contribution in [2.45, 2.75) is 51.1 Å². The fraction of sp³-hybridized carbons (Fsp3) is 0.692. The van der Waals surface area contributed by atoms with E-state index < -0.39 is 10.0 Å². The van der Waals surface area contributed by atoms with Crippen molar-refractivity contribution in [3.63, 3.8) is 0 Å². The van der Waals surface area contributed by atoms with Crippen molar-refractivity contribution >= 4 is 10.0 Å². The van der Waals surface area contributed by atoms with Crippen molar-refractivity contribution < 1.29 is 12.8 Å². The number of aryl methyl sites for hydroxylation is 2. The molecule has 19 heavy (non-hydrogen) atoms. The molecule has 108 valence electrons. The van der Waals surface area contributed by atoms with E-state index in [4.69, 9.17) is 4.42 Å². The maximum Gasteiger partial charge on any atom is 0.246 e. The largest absolute Gasteiger partial charge is 0.465 e. The van der Waals surface area contributed by atoms with Crippen LogP contribution in [-0.2, 0) is 16.6 Å². The highest BCUT2D eigenvalue weighted by molar-refractivity contribution is 7.89. The Balaban J connectivity index is 2.42. The average Bonchev–Trinajstić information content (AvgIpc) is 3.12. The summed E-state index contributed by atoms with van der Waals surface area (Å²) in [6.45, 7) is 6.84. The maximum atomic E-state index is 12.7. The Bertz CT molecular complexity index is 559. The second-order valence-corrected chi connectivity index (χ2v) is 6.99. The molecule has 1 saturated carbocycles. The molecule has 1 fully saturated rings. The van der Waals surface area contributed by atoms with E-state index in [1.807, 2.05) is 13.8 Å². The molecule has 0 aliphatic heterocycles. The topological polar surface area (TPSA) is 62.6 Å². The molecule has 0 aromatic carbocycles. The lowest BCUT2D eigenvalue weighted by atomic mass is 10.2. The first kappa shape index (κ1) is 14.6. The predicted octanol–water partition coefficient (Wildman–Crippen LogP) is 1.79. The van der Waals surface area contributed by atoms with E-state index >= 15 is 0 Å². The molecule has 0 atom stereocenters. The number of sulfonamides is 1. The van der Waals surface area contributed by atoms with Crippen LogP contribution < -0.4 is 5.32 Å². The molecule has 1 N–H and O–H groups in total. The van der Waals surface area contributed by atoms with Gasteiger partial charge in [0, 0.05) is 25.2 Å². The smallest absolute Gasteiger partial charge is 0.246 e. The summed E-state index contributed by atoms with van der Waals surface area (Å²) >= 11 is 0. The lowest BCUT2D eigenvalue weighted by Gasteiger charge is -2.17. The Morgan fingerprint density at radius 1 is 1.32 bits per heavy atom. The summed E-state index contributed by atoms with van der Waals surface area (Å²) < 4.78 is 32.4. The number of hydrogen-bond donors (Lipinski definition) is 1. The molecule has 0 spiro atoms. The molecule has 1 aromatic heterocycles. The molecular weight excluding hydrogens is 264 g/mol. The van der Waals surface area contributed by atoms with Crippen molar-refractivity contribution in [3.05, 3.63) is 17.1 Å². The summed E-state index contributed by atoms with van der Waals surface area (Å²) in [4.78, 5) is 0.348. The highest BCUT2D eigenvalue weighted by Crippen LogP contribution is 2.34. The van der Waals surface area contributed by atoms with Gasteiger partial charge in [-0.1, -0.05) is 6.92 Å². The minimum atomic E-state index is -3.45. The molecule has 6 heteroatoms. The van der Waals surface area contributed by atoms with E-state index in [1.54, 1.807) is 14.0 Å². The molecule has 0 radical (unpaired) electrons. The zero-order valence-corrected chi connectivity index (χ0v) is 12.8. The monoisotopic (exact) mass is 286 g/mol. The van der Waals surface area contributed by atoms with Crippen LogP contribution in [0, 0.1) is 13.8 Å². The predicted molar refractivity (Wildman–Crippen MR) is 73.5 cm³/mol. The maximum absolute atomic E-state index is 12.7. The fourth-order valence-electron chi connectivity index (χ4n) is 2.28. The number of rotatable bonds is 6. The molecule has 1 aliphatic rings. The normalized spacial score (nSPS) is 16.3. The van der Waals surface area contributed by atoms with E-state index in [0.29, 0.717) is 23.0 Å². The van der Waals surface area contributed by atoms with Crippen LogP contribution >= 0.6 is 0 Å². The second kappa shape index (κ2) is 5.26. The summed E-state index contributed by atoms with van der Waals surface area (Å²) in [5.41, 5.74) is 0.756. The summed E-state index contributed by atoms with van der Waals surface area (Å²) in [5, 5.41) is 3.17. The first-order chi connectivity index (χ1) is 8.89. The first-order valence-corrected chi connectivity index (χ1v) is 8.11. The van der Waals surface area contributed by atoms with E-state index in [-0.39, 0.29) is 6.04 Å². The fourth-order valence-corrected chi connectivity index (χ4v) is 4.10. The first-order valence-electron chi connectivity index (χ1n) is 6.67. The summed E-state index contributed by atoms with van der Waals surface area (Å²) in [6, 6.07) is 0.159. The molecule has 1 aliphatic carbocycles. The molecular formula is C13H22N2O3S. The molecule has 1 heterocycles. The third-order valence-electron chi connectivity index (χ3n) is 3.57. The second-order valence-electron chi connectivity index (χ2n) is 5.05. The van der Waals surface area contributed by atoms with E-state index in [0.717, 1.165) is 24.9 Å². The van der Waals surface area contributed by atoms with Gasteiger partial charge in [0.25, 0.3) is 0 Å². The van der Waals surface area contributed by atoms with Crippen LogP contribution in [0.5, 0.6) is 0 Å². The number of furan rings is 1. The molecule has 0 saturated heterocycles. The van der Waals surface area contributed by atoms with Crippen molar-refractivity contribution in [2.24, 2.45) is 0 Å². The molecule has 0 bridgehead atoms. The highest BCUT2D eigenvalue weighted by atomic mass is 32.2. The van der Waals surface area contributed by atoms with Gasteiger partial charge in [0.15, 0.2) is 0 Å². The van der Waals surface area contributed by atoms with Gasteiger partial charge in [-0.15, -0.1) is 0 Å². The van der Waals surface area contributed by atoms with Gasteiger partial charge in [-0.25, -0.2) is 8.42 Å². The minimum Gasteiger partial charge on any atom is -0.465 e. The Hall–Kier alpha value is -0.850. The van der Waals surface area contributed by atoms with Gasteiger partial charge in [-0.3, -0.25) is 0 Å². The van der Waals surface area contributed by atoms with Gasteiger partial charge in [0.2, 0.25) is 10.0 Å². The summed E-state index contributed by atoms with van der Waals surface area (Å²) in [5.74, 6) is 1.17. The van der Waals surface area contributed by atoms with Crippen LogP contribution in [0.25, 0.3) is 0 Å². The van der Waals surface area contributed by atoms with Crippen LogP contribution in [0.15, 0.2) is 9.31 Å². The number of hydrogen-bond acceptors (Lipinski definition) is 4. The van der Waals surface area contributed by atoms with Crippen molar-refractivity contribution in [1.82, 2.24) is 9.62 Å². The van der Waals surface area contributed by atoms with E-state index in [1.165, 1.54) is 4.31 Å². The third-order valence-corrected chi connectivity index (χ3v) is 5.68. The average molecular weight is 286 g/mol. The lowest BCUT2D eigenvalue weighted by Crippen LogP contribution is -2.30. The molecule has 2 rings (SSSR count). The lowest BCUT2D eigenvalue weighted by molar-refractivity contribution is 0.457. The summed E-state index contributed by atoms with van der Waals surface area (Å²) in [7, 11) is -1.79. The van der Waals surface area contributed by atoms with Gasteiger partial charge in [-0.05, 0) is 33.2 Å². The molecule has 5 nitrogen and oxygen atoms in total. The Kier molecular flexibility index (Phi) is 4.03. The van der Waals surface area contributed by atoms with Crippen molar-refractivity contribution in [1.29, 1.82) is 0 Å². The van der Waals surface area contributed by atoms with Gasteiger partial charge >= 0.3 is 0 Å². The van der Waals surface area contributed by atoms with Gasteiger partial charge in [0.05, 0.1) is 0 Å². The number of nitrogens with zero attached hydrogens (tertiary/aromatic N) is 1. The van der Waals surface area contributed by atoms with Crippen LogP contribution in [0.2, 0.25) is 0 Å². The molecule has 0 amide bonds. The zero-order chi connectivity index (χ0) is 14.2. The Labute approximate surface area is 115 Å². The number of nitrogens with one attached hydrogen (secondary N) is 1. The van der Waals surface area contributed by atoms with Crippen LogP contribution in [0.4, 0.5) is 0 Å². The van der Waals surface area contributed by atoms with E-state index in [2.05, 4.69) is 5.32 Å². The molecule has 1 aromatic rings. The highest BCUT2D eigenvalue weighted by Gasteiger charge is 2.38. The van der Waals surface area contributed by atoms with Crippen LogP contribution in [0.1, 0.15) is 36.8 Å². The summed E-state index contributed by atoms with van der Waals surface area (Å²) in [6.07, 6.45) is 1.91. The Morgan fingerprint density at radius 2 is 1.95 bits per heavy atom. The van der Waals surface area contributed by atoms with Crippen molar-refractivity contribution in [2.75, 3.05) is 13.6 Å². The quantitative estimate of drug-likeness (QED) is 0.866. The van der Waals surface area contributed by atoms with Gasteiger partial charge in [-0.2, -0.15) is 4.31 Å². The van der Waals surface area contributed by atoms with Crippen LogP contribution in [-0.4, -0.2) is 32.4 Å². The minimum absolute atomic E-state index is 0.159. The Morgan fingerprint density at radius 3 is 2.47 bits per heavy atom. The van der Waals surface area contributed by atoms with Gasteiger partial charge < -0.3 is 9.73 Å². The van der Waals surface area contributed by atoms with Crippen LogP contribution in [0.3, 0.4) is 0 Å². The van der Waals surface area contributed by atoms with E-state index in [9.17, 15) is 8.42 Å². The standard InChI is InChI=1S/C13H22N2O3S/c1-5-14-8-12-9(2)18-10(3)13(12)19(16,17)15(4)11-6-7-11/h11,14H,5-8H2,1-4H3. The zero-order valence-electron chi connectivity index (χ0n) is 12.0. The van der Waals surface area contributed by atoms with Gasteiger partial charge in [0.1, 0.15) is 16.4 Å². The van der Waals surface area contributed by atoms with Crippen molar-refractivity contribution in [3.8, 4) is 0 Å². The SMILES string of the molecule is CCNCc1c(C)oc(C)c1S(=O)(=O)N(C)C1CC1. The molecule has 0 unspecified atom stereocenters. The third kappa shape index (κ3) is 2.70.